The fraction of sp³-hybridized carbons (Fsp3) is 0. The fourth-order valence-corrected chi connectivity index (χ4v) is 6.21. The predicted molar refractivity (Wildman–Crippen MR) is 165 cm³/mol. The largest absolute Gasteiger partial charge is 0.455 e. The van der Waals surface area contributed by atoms with Gasteiger partial charge >= 0.3 is 0 Å². The Bertz CT molecular complexity index is 2090. The number of rotatable bonds is 3. The summed E-state index contributed by atoms with van der Waals surface area (Å²) in [5, 5.41) is 8.51. The van der Waals surface area contributed by atoms with Crippen LogP contribution in [-0.4, -0.2) is 0 Å². The molecule has 1 aromatic heterocycles. The summed E-state index contributed by atoms with van der Waals surface area (Å²) in [6, 6.07) is 51.8. The SMILES string of the molecule is c1ccc(-c2oc3ccc4ccccc4c3c2-c2c3ccccc3c(-c3ccccc3)c3ccccc23)cc1. The van der Waals surface area contributed by atoms with Crippen molar-refractivity contribution in [3.8, 4) is 33.6 Å². The molecule has 0 unspecified atom stereocenters. The van der Waals surface area contributed by atoms with E-state index in [-0.39, 0.29) is 0 Å². The third-order valence-electron chi connectivity index (χ3n) is 7.86. The Morgan fingerprint density at radius 1 is 0.333 bits per heavy atom. The summed E-state index contributed by atoms with van der Waals surface area (Å²) in [7, 11) is 0. The molecule has 0 saturated heterocycles. The highest BCUT2D eigenvalue weighted by atomic mass is 16.3. The summed E-state index contributed by atoms with van der Waals surface area (Å²) >= 11 is 0. The molecule has 0 radical (unpaired) electrons. The zero-order valence-corrected chi connectivity index (χ0v) is 21.3. The summed E-state index contributed by atoms with van der Waals surface area (Å²) in [5.41, 5.74) is 6.84. The van der Waals surface area contributed by atoms with Gasteiger partial charge in [-0.3, -0.25) is 0 Å². The van der Waals surface area contributed by atoms with Gasteiger partial charge in [0.25, 0.3) is 0 Å². The van der Waals surface area contributed by atoms with E-state index in [9.17, 15) is 0 Å². The molecular formula is C38H24O. The molecule has 0 aliphatic heterocycles. The first-order valence-corrected chi connectivity index (χ1v) is 13.4. The first kappa shape index (κ1) is 21.9. The van der Waals surface area contributed by atoms with Gasteiger partial charge in [0.05, 0.1) is 0 Å². The summed E-state index contributed by atoms with van der Waals surface area (Å²) in [6.07, 6.45) is 0. The molecule has 7 aromatic carbocycles. The Hall–Kier alpha value is -5.14. The minimum Gasteiger partial charge on any atom is -0.455 e. The zero-order chi connectivity index (χ0) is 25.8. The van der Waals surface area contributed by atoms with Crippen LogP contribution in [-0.2, 0) is 0 Å². The van der Waals surface area contributed by atoms with Crippen LogP contribution < -0.4 is 0 Å². The molecule has 1 nitrogen and oxygen atoms in total. The maximum atomic E-state index is 6.76. The van der Waals surface area contributed by atoms with Crippen molar-refractivity contribution in [1.82, 2.24) is 0 Å². The number of benzene rings is 7. The lowest BCUT2D eigenvalue weighted by Gasteiger charge is -2.18. The van der Waals surface area contributed by atoms with Crippen molar-refractivity contribution in [3.05, 3.63) is 146 Å². The van der Waals surface area contributed by atoms with Crippen LogP contribution in [0, 0.1) is 0 Å². The topological polar surface area (TPSA) is 13.1 Å². The molecule has 0 bridgehead atoms. The van der Waals surface area contributed by atoms with E-state index in [1.165, 1.54) is 49.0 Å². The lowest BCUT2D eigenvalue weighted by atomic mass is 9.84. The van der Waals surface area contributed by atoms with Gasteiger partial charge < -0.3 is 4.42 Å². The molecule has 0 aliphatic carbocycles. The Morgan fingerprint density at radius 3 is 1.44 bits per heavy atom. The molecule has 0 atom stereocenters. The monoisotopic (exact) mass is 496 g/mol. The van der Waals surface area contributed by atoms with E-state index in [0.717, 1.165) is 27.9 Å². The van der Waals surface area contributed by atoms with E-state index in [2.05, 4.69) is 146 Å². The van der Waals surface area contributed by atoms with Crippen LogP contribution in [0.25, 0.3) is 76.9 Å². The van der Waals surface area contributed by atoms with Crippen LogP contribution in [0.15, 0.2) is 150 Å². The van der Waals surface area contributed by atoms with Crippen molar-refractivity contribution >= 4 is 43.3 Å². The van der Waals surface area contributed by atoms with Gasteiger partial charge in [0.2, 0.25) is 0 Å². The van der Waals surface area contributed by atoms with Crippen LogP contribution in [0.4, 0.5) is 0 Å². The average molecular weight is 497 g/mol. The minimum absolute atomic E-state index is 0.905. The van der Waals surface area contributed by atoms with Gasteiger partial charge in [0.15, 0.2) is 0 Å². The van der Waals surface area contributed by atoms with E-state index < -0.39 is 0 Å². The third kappa shape index (κ3) is 3.34. The Kier molecular flexibility index (Phi) is 4.89. The molecule has 8 rings (SSSR count). The van der Waals surface area contributed by atoms with Crippen molar-refractivity contribution in [2.45, 2.75) is 0 Å². The third-order valence-corrected chi connectivity index (χ3v) is 7.86. The summed E-state index contributed by atoms with van der Waals surface area (Å²) < 4.78 is 6.76. The van der Waals surface area contributed by atoms with Crippen molar-refractivity contribution in [2.24, 2.45) is 0 Å². The average Bonchev–Trinajstić information content (AvgIpc) is 3.40. The molecule has 8 aromatic rings. The van der Waals surface area contributed by atoms with E-state index in [0.29, 0.717) is 0 Å². The lowest BCUT2D eigenvalue weighted by molar-refractivity contribution is 0.633. The maximum Gasteiger partial charge on any atom is 0.143 e. The van der Waals surface area contributed by atoms with Gasteiger partial charge in [-0.05, 0) is 49.5 Å². The second-order valence-electron chi connectivity index (χ2n) is 10.0. The number of hydrogen-bond acceptors (Lipinski definition) is 1. The molecule has 0 N–H and O–H groups in total. The number of furan rings is 1. The van der Waals surface area contributed by atoms with Gasteiger partial charge in [0.1, 0.15) is 11.3 Å². The van der Waals surface area contributed by atoms with Crippen molar-refractivity contribution in [1.29, 1.82) is 0 Å². The maximum absolute atomic E-state index is 6.76. The zero-order valence-electron chi connectivity index (χ0n) is 21.3. The Morgan fingerprint density at radius 2 is 0.821 bits per heavy atom. The highest BCUT2D eigenvalue weighted by molar-refractivity contribution is 6.27. The number of hydrogen-bond donors (Lipinski definition) is 0. The first-order chi connectivity index (χ1) is 19.4. The van der Waals surface area contributed by atoms with Gasteiger partial charge in [-0.25, -0.2) is 0 Å². The summed E-state index contributed by atoms with van der Waals surface area (Å²) in [5.74, 6) is 0.907. The van der Waals surface area contributed by atoms with E-state index in [4.69, 9.17) is 4.42 Å². The van der Waals surface area contributed by atoms with Crippen LogP contribution in [0.2, 0.25) is 0 Å². The predicted octanol–water partition coefficient (Wildman–Crippen LogP) is 10.9. The highest BCUT2D eigenvalue weighted by Gasteiger charge is 2.24. The summed E-state index contributed by atoms with van der Waals surface area (Å²) in [4.78, 5) is 0. The Balaban J connectivity index is 1.63. The first-order valence-electron chi connectivity index (χ1n) is 13.4. The van der Waals surface area contributed by atoms with Gasteiger partial charge in [-0.1, -0.05) is 140 Å². The van der Waals surface area contributed by atoms with Crippen LogP contribution >= 0.6 is 0 Å². The van der Waals surface area contributed by atoms with Gasteiger partial charge in [-0.2, -0.15) is 0 Å². The van der Waals surface area contributed by atoms with Gasteiger partial charge in [-0.15, -0.1) is 0 Å². The standard InChI is InChI=1S/C38H24O/c1-3-14-26(15-4-1)34-29-19-9-11-21-31(29)35(32-22-12-10-20-30(32)34)37-36-28-18-8-7-13-25(28)23-24-33(36)39-38(37)27-16-5-2-6-17-27/h1-24H. The minimum atomic E-state index is 0.905. The second kappa shape index (κ2) is 8.72. The molecule has 182 valence electrons. The highest BCUT2D eigenvalue weighted by Crippen LogP contribution is 2.50. The molecule has 0 spiro atoms. The molecule has 0 saturated carbocycles. The molecule has 0 aliphatic rings. The molecule has 0 amide bonds. The molecule has 0 fully saturated rings. The fourth-order valence-electron chi connectivity index (χ4n) is 6.21. The second-order valence-corrected chi connectivity index (χ2v) is 10.0. The summed E-state index contributed by atoms with van der Waals surface area (Å²) in [6.45, 7) is 0. The smallest absolute Gasteiger partial charge is 0.143 e. The van der Waals surface area contributed by atoms with Crippen LogP contribution in [0.1, 0.15) is 0 Å². The van der Waals surface area contributed by atoms with Crippen molar-refractivity contribution < 1.29 is 4.42 Å². The Labute approximate surface area is 226 Å². The van der Waals surface area contributed by atoms with E-state index in [1.54, 1.807) is 0 Å². The molecular weight excluding hydrogens is 472 g/mol. The van der Waals surface area contributed by atoms with E-state index in [1.807, 2.05) is 0 Å². The van der Waals surface area contributed by atoms with Crippen molar-refractivity contribution in [3.63, 3.8) is 0 Å². The molecule has 39 heavy (non-hydrogen) atoms. The molecule has 1 heteroatoms. The van der Waals surface area contributed by atoms with E-state index >= 15 is 0 Å². The quantitative estimate of drug-likeness (QED) is 0.222. The van der Waals surface area contributed by atoms with Crippen molar-refractivity contribution in [2.75, 3.05) is 0 Å². The normalized spacial score (nSPS) is 11.6. The van der Waals surface area contributed by atoms with Crippen LogP contribution in [0.3, 0.4) is 0 Å². The number of fused-ring (bicyclic) bond motifs is 5. The van der Waals surface area contributed by atoms with Crippen LogP contribution in [0.5, 0.6) is 0 Å². The lowest BCUT2D eigenvalue weighted by Crippen LogP contribution is -1.91. The van der Waals surface area contributed by atoms with Gasteiger partial charge in [0, 0.05) is 22.1 Å². The molecule has 1 heterocycles.